The molecule has 0 saturated heterocycles. The second-order valence-corrected chi connectivity index (χ2v) is 9.17. The molecule has 0 N–H and O–H groups in total. The molecule has 1 nitrogen and oxygen atoms in total. The number of thiophene rings is 1. The molecule has 0 amide bonds. The van der Waals surface area contributed by atoms with Crippen LogP contribution in [0.4, 0.5) is 0 Å². The fourth-order valence-corrected chi connectivity index (χ4v) is 3.59. The van der Waals surface area contributed by atoms with Crippen LogP contribution >= 0.6 is 11.3 Å². The van der Waals surface area contributed by atoms with E-state index in [4.69, 9.17) is 4.74 Å². The van der Waals surface area contributed by atoms with E-state index in [1.807, 2.05) is 6.08 Å². The molecule has 0 aliphatic carbocycles. The molecule has 0 saturated carbocycles. The first-order valence-corrected chi connectivity index (χ1v) is 11.6. The Bertz CT molecular complexity index is 896. The highest BCUT2D eigenvalue weighted by molar-refractivity contribution is 7.08. The van der Waals surface area contributed by atoms with Crippen molar-refractivity contribution in [1.29, 1.82) is 0 Å². The maximum atomic E-state index is 5.34. The van der Waals surface area contributed by atoms with Crippen LogP contribution in [0.1, 0.15) is 52.0 Å². The first-order valence-electron chi connectivity index (χ1n) is 10.6. The summed E-state index contributed by atoms with van der Waals surface area (Å²) >= 11 is 1.74. The van der Waals surface area contributed by atoms with Gasteiger partial charge >= 0.3 is 0 Å². The van der Waals surface area contributed by atoms with Crippen LogP contribution in [0.2, 0.25) is 0 Å². The van der Waals surface area contributed by atoms with Gasteiger partial charge in [0.2, 0.25) is 0 Å². The predicted octanol–water partition coefficient (Wildman–Crippen LogP) is 8.17. The zero-order valence-electron chi connectivity index (χ0n) is 18.8. The molecule has 0 spiro atoms. The lowest BCUT2D eigenvalue weighted by Gasteiger charge is -2.06. The molecule has 0 fully saturated rings. The lowest BCUT2D eigenvalue weighted by Crippen LogP contribution is -1.98. The molecule has 0 aliphatic rings. The van der Waals surface area contributed by atoms with Gasteiger partial charge in [-0.2, -0.15) is 11.3 Å². The van der Waals surface area contributed by atoms with Gasteiger partial charge in [-0.15, -0.1) is 0 Å². The topological polar surface area (TPSA) is 9.23 Å². The maximum Gasteiger partial charge on any atom is 0.0676 e. The number of methoxy groups -OCH3 is 1. The zero-order valence-corrected chi connectivity index (χ0v) is 19.6. The minimum Gasteiger partial charge on any atom is -0.380 e. The van der Waals surface area contributed by atoms with Gasteiger partial charge in [0, 0.05) is 12.5 Å². The van der Waals surface area contributed by atoms with E-state index in [0.717, 1.165) is 25.7 Å². The van der Waals surface area contributed by atoms with Crippen LogP contribution in [0.15, 0.2) is 71.0 Å². The van der Waals surface area contributed by atoms with E-state index < -0.39 is 0 Å². The van der Waals surface area contributed by atoms with Crippen molar-refractivity contribution in [2.24, 2.45) is 5.41 Å². The highest BCUT2D eigenvalue weighted by Crippen LogP contribution is 2.23. The van der Waals surface area contributed by atoms with Crippen molar-refractivity contribution >= 4 is 17.4 Å². The molecule has 1 heterocycles. The molecule has 2 rings (SSSR count). The molecule has 0 radical (unpaired) electrons. The molecule has 30 heavy (non-hydrogen) atoms. The summed E-state index contributed by atoms with van der Waals surface area (Å²) in [5.41, 5.74) is 5.21. The third-order valence-electron chi connectivity index (χ3n) is 4.42. The molecule has 0 aliphatic heterocycles. The van der Waals surface area contributed by atoms with E-state index in [-0.39, 0.29) is 5.41 Å². The van der Waals surface area contributed by atoms with E-state index in [0.29, 0.717) is 6.61 Å². The minimum atomic E-state index is 0.0499. The van der Waals surface area contributed by atoms with E-state index in [9.17, 15) is 0 Å². The Morgan fingerprint density at radius 3 is 2.70 bits per heavy atom. The van der Waals surface area contributed by atoms with Gasteiger partial charge in [-0.25, -0.2) is 0 Å². The molecule has 2 aromatic rings. The van der Waals surface area contributed by atoms with Crippen molar-refractivity contribution in [2.45, 2.75) is 46.5 Å². The standard InChI is InChI=1S/C28H34OS/c1-28(2,3)19-11-7-10-15-25(22-29-4)14-9-6-5-8-13-24-16-12-17-26(21-24)27-18-20-30-23-27/h7-8,10,12-14,16-18,20-21,23H,5-6,9,15,22H2,1-4H3/b10-7+,13-8+,25-14+. The van der Waals surface area contributed by atoms with Gasteiger partial charge in [0.05, 0.1) is 6.61 Å². The van der Waals surface area contributed by atoms with E-state index in [2.05, 4.69) is 98.0 Å². The Hall–Kier alpha value is -2.34. The van der Waals surface area contributed by atoms with Crippen molar-refractivity contribution in [1.82, 2.24) is 0 Å². The van der Waals surface area contributed by atoms with Gasteiger partial charge in [0.1, 0.15) is 0 Å². The molecule has 0 unspecified atom stereocenters. The number of hydrogen-bond acceptors (Lipinski definition) is 2. The predicted molar refractivity (Wildman–Crippen MR) is 134 cm³/mol. The second-order valence-electron chi connectivity index (χ2n) is 8.39. The molecular weight excluding hydrogens is 384 g/mol. The van der Waals surface area contributed by atoms with Gasteiger partial charge in [0.15, 0.2) is 0 Å². The largest absolute Gasteiger partial charge is 0.380 e. The fraction of sp³-hybridized carbons (Fsp3) is 0.357. The SMILES string of the molecule is COC/C(=C/CCC/C=C/c1cccc(-c2ccsc2)c1)C/C=C/C#CC(C)(C)C. The molecular formula is C28H34OS. The Labute approximate surface area is 187 Å². The van der Waals surface area contributed by atoms with Crippen molar-refractivity contribution in [3.05, 3.63) is 76.5 Å². The van der Waals surface area contributed by atoms with Gasteiger partial charge in [0.25, 0.3) is 0 Å². The quantitative estimate of drug-likeness (QED) is 0.215. The van der Waals surface area contributed by atoms with Gasteiger partial charge in [-0.3, -0.25) is 0 Å². The summed E-state index contributed by atoms with van der Waals surface area (Å²) in [4.78, 5) is 0. The van der Waals surface area contributed by atoms with E-state index in [1.165, 1.54) is 22.3 Å². The smallest absolute Gasteiger partial charge is 0.0676 e. The molecule has 2 heteroatoms. The summed E-state index contributed by atoms with van der Waals surface area (Å²) in [6.07, 6.45) is 15.1. The molecule has 0 atom stereocenters. The number of rotatable bonds is 10. The first-order chi connectivity index (χ1) is 14.5. The van der Waals surface area contributed by atoms with Crippen molar-refractivity contribution < 1.29 is 4.74 Å². The van der Waals surface area contributed by atoms with Gasteiger partial charge in [-0.1, -0.05) is 54.3 Å². The minimum absolute atomic E-state index is 0.0499. The average molecular weight is 419 g/mol. The zero-order chi connectivity index (χ0) is 21.7. The highest BCUT2D eigenvalue weighted by Gasteiger charge is 2.02. The molecule has 1 aromatic heterocycles. The Morgan fingerprint density at radius 2 is 1.97 bits per heavy atom. The Kier molecular flexibility index (Phi) is 10.4. The van der Waals surface area contributed by atoms with Crippen molar-refractivity contribution in [3.63, 3.8) is 0 Å². The van der Waals surface area contributed by atoms with Crippen molar-refractivity contribution in [3.8, 4) is 23.0 Å². The monoisotopic (exact) mass is 418 g/mol. The Balaban J connectivity index is 1.78. The van der Waals surface area contributed by atoms with E-state index >= 15 is 0 Å². The average Bonchev–Trinajstić information content (AvgIpc) is 3.24. The number of benzene rings is 1. The lowest BCUT2D eigenvalue weighted by atomic mass is 9.98. The fourth-order valence-electron chi connectivity index (χ4n) is 2.93. The van der Waals surface area contributed by atoms with Crippen LogP contribution in [-0.4, -0.2) is 13.7 Å². The summed E-state index contributed by atoms with van der Waals surface area (Å²) in [5, 5.41) is 4.32. The van der Waals surface area contributed by atoms with Crippen LogP contribution in [0.3, 0.4) is 0 Å². The second kappa shape index (κ2) is 13.1. The number of ether oxygens (including phenoxy) is 1. The lowest BCUT2D eigenvalue weighted by molar-refractivity contribution is 0.224. The van der Waals surface area contributed by atoms with Gasteiger partial charge in [-0.05, 0) is 97.7 Å². The number of unbranched alkanes of at least 4 members (excludes halogenated alkanes) is 2. The molecule has 1 aromatic carbocycles. The first kappa shape index (κ1) is 23.9. The third kappa shape index (κ3) is 9.92. The van der Waals surface area contributed by atoms with Crippen molar-refractivity contribution in [2.75, 3.05) is 13.7 Å². The van der Waals surface area contributed by atoms with Gasteiger partial charge < -0.3 is 4.74 Å². The molecule has 158 valence electrons. The summed E-state index contributed by atoms with van der Waals surface area (Å²) in [6, 6.07) is 10.9. The normalized spacial score (nSPS) is 12.5. The van der Waals surface area contributed by atoms with Crippen LogP contribution < -0.4 is 0 Å². The molecule has 0 bridgehead atoms. The summed E-state index contributed by atoms with van der Waals surface area (Å²) in [5.74, 6) is 6.35. The third-order valence-corrected chi connectivity index (χ3v) is 5.10. The number of hydrogen-bond donors (Lipinski definition) is 0. The summed E-state index contributed by atoms with van der Waals surface area (Å²) in [6.45, 7) is 7.05. The highest BCUT2D eigenvalue weighted by atomic mass is 32.1. The van der Waals surface area contributed by atoms with Crippen LogP contribution in [0.5, 0.6) is 0 Å². The van der Waals surface area contributed by atoms with Crippen LogP contribution in [0.25, 0.3) is 17.2 Å². The summed E-state index contributed by atoms with van der Waals surface area (Å²) in [7, 11) is 1.75. The van der Waals surface area contributed by atoms with Crippen LogP contribution in [0, 0.1) is 17.3 Å². The maximum absolute atomic E-state index is 5.34. The number of allylic oxidation sites excluding steroid dienone is 4. The van der Waals surface area contributed by atoms with E-state index in [1.54, 1.807) is 18.4 Å². The summed E-state index contributed by atoms with van der Waals surface area (Å²) < 4.78 is 5.34. The van der Waals surface area contributed by atoms with Crippen LogP contribution in [-0.2, 0) is 4.74 Å². The Morgan fingerprint density at radius 1 is 1.10 bits per heavy atom.